The average Bonchev–Trinajstić information content (AvgIpc) is 2.24. The molecule has 1 atom stereocenters. The summed E-state index contributed by atoms with van der Waals surface area (Å²) in [5.41, 5.74) is 1.10. The minimum atomic E-state index is -3.46. The Morgan fingerprint density at radius 1 is 1.32 bits per heavy atom. The van der Waals surface area contributed by atoms with E-state index in [0.29, 0.717) is 15.9 Å². The molecule has 0 aliphatic carbocycles. The second kappa shape index (κ2) is 5.94. The van der Waals surface area contributed by atoms with Gasteiger partial charge in [-0.1, -0.05) is 33.8 Å². The average molecular weight is 348 g/mol. The van der Waals surface area contributed by atoms with E-state index in [1.54, 1.807) is 12.1 Å². The molecule has 0 bridgehead atoms. The van der Waals surface area contributed by atoms with Crippen LogP contribution in [0.15, 0.2) is 27.6 Å². The van der Waals surface area contributed by atoms with Gasteiger partial charge < -0.3 is 0 Å². The van der Waals surface area contributed by atoms with Gasteiger partial charge in [-0.05, 0) is 51.9 Å². The summed E-state index contributed by atoms with van der Waals surface area (Å²) in [4.78, 5) is 0.291. The molecule has 108 valence electrons. The summed E-state index contributed by atoms with van der Waals surface area (Å²) in [5.74, 6) is 0.256. The number of hydrogen-bond donors (Lipinski definition) is 1. The summed E-state index contributed by atoms with van der Waals surface area (Å²) in [5, 5.41) is 0. The van der Waals surface area contributed by atoms with Crippen LogP contribution in [0.3, 0.4) is 0 Å². The zero-order valence-corrected chi connectivity index (χ0v) is 14.5. The highest BCUT2D eigenvalue weighted by Crippen LogP contribution is 2.26. The Morgan fingerprint density at radius 2 is 1.89 bits per heavy atom. The van der Waals surface area contributed by atoms with E-state index < -0.39 is 10.0 Å². The summed E-state index contributed by atoms with van der Waals surface area (Å²) in [6.45, 7) is 10.7. The lowest BCUT2D eigenvalue weighted by Crippen LogP contribution is -2.33. The fraction of sp³-hybridized carbons (Fsp3) is 0.571. The molecule has 0 heterocycles. The molecular formula is C14H22BrNO2S. The number of sulfonamides is 1. The number of hydrogen-bond acceptors (Lipinski definition) is 2. The summed E-state index contributed by atoms with van der Waals surface area (Å²) < 4.78 is 27.8. The maximum atomic E-state index is 12.3. The Labute approximate surface area is 125 Å². The van der Waals surface area contributed by atoms with Gasteiger partial charge in [0.05, 0.1) is 4.90 Å². The normalized spacial score (nSPS) is 14.4. The van der Waals surface area contributed by atoms with Crippen LogP contribution in [0.25, 0.3) is 0 Å². The Morgan fingerprint density at radius 3 is 2.37 bits per heavy atom. The van der Waals surface area contributed by atoms with Crippen LogP contribution in [0.1, 0.15) is 33.3 Å². The van der Waals surface area contributed by atoms with Crippen molar-refractivity contribution >= 4 is 26.0 Å². The van der Waals surface area contributed by atoms with Gasteiger partial charge in [-0.25, -0.2) is 13.1 Å². The molecule has 0 aliphatic rings. The van der Waals surface area contributed by atoms with E-state index in [2.05, 4.69) is 41.4 Å². The van der Waals surface area contributed by atoms with E-state index in [0.717, 1.165) is 5.56 Å². The van der Waals surface area contributed by atoms with Gasteiger partial charge in [-0.2, -0.15) is 0 Å². The Kier molecular flexibility index (Phi) is 5.21. The SMILES string of the molecule is Cc1ccc(S(=O)(=O)NCC(C)C(C)(C)C)c(Br)c1. The number of aryl methyl sites for hydroxylation is 1. The molecule has 0 saturated heterocycles. The van der Waals surface area contributed by atoms with Crippen molar-refractivity contribution in [2.24, 2.45) is 11.3 Å². The predicted molar refractivity (Wildman–Crippen MR) is 82.7 cm³/mol. The minimum Gasteiger partial charge on any atom is -0.211 e. The lowest BCUT2D eigenvalue weighted by atomic mass is 9.82. The number of halogens is 1. The minimum absolute atomic E-state index is 0.0764. The van der Waals surface area contributed by atoms with Crippen molar-refractivity contribution in [3.63, 3.8) is 0 Å². The van der Waals surface area contributed by atoms with E-state index in [1.807, 2.05) is 19.9 Å². The van der Waals surface area contributed by atoms with Gasteiger partial charge in [0, 0.05) is 11.0 Å². The van der Waals surface area contributed by atoms with Crippen molar-refractivity contribution in [1.82, 2.24) is 4.72 Å². The molecule has 19 heavy (non-hydrogen) atoms. The predicted octanol–water partition coefficient (Wildman–Crippen LogP) is 3.72. The number of benzene rings is 1. The van der Waals surface area contributed by atoms with Gasteiger partial charge in [-0.3, -0.25) is 0 Å². The zero-order valence-electron chi connectivity index (χ0n) is 12.1. The highest BCUT2D eigenvalue weighted by Gasteiger charge is 2.23. The lowest BCUT2D eigenvalue weighted by molar-refractivity contribution is 0.263. The van der Waals surface area contributed by atoms with Crippen LogP contribution in [0.5, 0.6) is 0 Å². The van der Waals surface area contributed by atoms with Crippen LogP contribution >= 0.6 is 15.9 Å². The molecule has 3 nitrogen and oxygen atoms in total. The van der Waals surface area contributed by atoms with E-state index in [9.17, 15) is 8.42 Å². The van der Waals surface area contributed by atoms with Gasteiger partial charge in [0.15, 0.2) is 0 Å². The van der Waals surface area contributed by atoms with Crippen LogP contribution < -0.4 is 4.72 Å². The van der Waals surface area contributed by atoms with E-state index in [-0.39, 0.29) is 11.3 Å². The van der Waals surface area contributed by atoms with Crippen molar-refractivity contribution in [3.8, 4) is 0 Å². The molecule has 0 aliphatic heterocycles. The van der Waals surface area contributed by atoms with Gasteiger partial charge in [0.1, 0.15) is 0 Å². The van der Waals surface area contributed by atoms with E-state index in [1.165, 1.54) is 0 Å². The van der Waals surface area contributed by atoms with E-state index in [4.69, 9.17) is 0 Å². The third-order valence-corrected chi connectivity index (χ3v) is 5.84. The van der Waals surface area contributed by atoms with Crippen molar-refractivity contribution in [2.45, 2.75) is 39.5 Å². The van der Waals surface area contributed by atoms with Crippen LogP contribution in [0, 0.1) is 18.3 Å². The topological polar surface area (TPSA) is 46.2 Å². The molecule has 1 rings (SSSR count). The lowest BCUT2D eigenvalue weighted by Gasteiger charge is -2.27. The maximum absolute atomic E-state index is 12.3. The first kappa shape index (κ1) is 16.7. The third kappa shape index (κ3) is 4.58. The first-order valence-electron chi connectivity index (χ1n) is 6.30. The first-order valence-corrected chi connectivity index (χ1v) is 8.57. The van der Waals surface area contributed by atoms with Gasteiger partial charge in [-0.15, -0.1) is 0 Å². The smallest absolute Gasteiger partial charge is 0.211 e. The van der Waals surface area contributed by atoms with Gasteiger partial charge >= 0.3 is 0 Å². The van der Waals surface area contributed by atoms with Gasteiger partial charge in [0.2, 0.25) is 10.0 Å². The highest BCUT2D eigenvalue weighted by atomic mass is 79.9. The summed E-state index contributed by atoms with van der Waals surface area (Å²) in [6, 6.07) is 5.23. The van der Waals surface area contributed by atoms with Crippen LogP contribution in [0.4, 0.5) is 0 Å². The summed E-state index contributed by atoms with van der Waals surface area (Å²) in [6.07, 6.45) is 0. The fourth-order valence-electron chi connectivity index (χ4n) is 1.44. The molecule has 0 amide bonds. The Hall–Kier alpha value is -0.390. The Balaban J connectivity index is 2.88. The van der Waals surface area contributed by atoms with Crippen molar-refractivity contribution in [1.29, 1.82) is 0 Å². The first-order chi connectivity index (χ1) is 8.54. The molecule has 1 aromatic rings. The van der Waals surface area contributed by atoms with E-state index >= 15 is 0 Å². The molecule has 5 heteroatoms. The number of nitrogens with one attached hydrogen (secondary N) is 1. The Bertz CT molecular complexity index is 547. The molecule has 0 fully saturated rings. The molecular weight excluding hydrogens is 326 g/mol. The van der Waals surface area contributed by atoms with Crippen molar-refractivity contribution < 1.29 is 8.42 Å². The molecule has 0 aromatic heterocycles. The quantitative estimate of drug-likeness (QED) is 0.901. The second-order valence-electron chi connectivity index (χ2n) is 6.05. The molecule has 1 aromatic carbocycles. The van der Waals surface area contributed by atoms with Crippen LogP contribution in [-0.2, 0) is 10.0 Å². The number of rotatable bonds is 4. The maximum Gasteiger partial charge on any atom is 0.241 e. The molecule has 0 saturated carbocycles. The van der Waals surface area contributed by atoms with Crippen LogP contribution in [0.2, 0.25) is 0 Å². The highest BCUT2D eigenvalue weighted by molar-refractivity contribution is 9.10. The molecule has 0 radical (unpaired) electrons. The third-order valence-electron chi connectivity index (χ3n) is 3.43. The zero-order chi connectivity index (χ0) is 14.8. The van der Waals surface area contributed by atoms with Crippen LogP contribution in [-0.4, -0.2) is 15.0 Å². The monoisotopic (exact) mass is 347 g/mol. The standard InChI is InChI=1S/C14H22BrNO2S/c1-10-6-7-13(12(15)8-10)19(17,18)16-9-11(2)14(3,4)5/h6-8,11,16H,9H2,1-5H3. The largest absolute Gasteiger partial charge is 0.241 e. The fourth-order valence-corrected chi connectivity index (χ4v) is 3.76. The van der Waals surface area contributed by atoms with Gasteiger partial charge in [0.25, 0.3) is 0 Å². The van der Waals surface area contributed by atoms with Crippen molar-refractivity contribution in [3.05, 3.63) is 28.2 Å². The second-order valence-corrected chi connectivity index (χ2v) is 8.64. The molecule has 1 unspecified atom stereocenters. The summed E-state index contributed by atoms with van der Waals surface area (Å²) >= 11 is 3.31. The summed E-state index contributed by atoms with van der Waals surface area (Å²) in [7, 11) is -3.46. The van der Waals surface area contributed by atoms with Crippen molar-refractivity contribution in [2.75, 3.05) is 6.54 Å². The molecule has 1 N–H and O–H groups in total. The molecule has 0 spiro atoms.